The largest absolute Gasteiger partial charge is 0.710 e. The third kappa shape index (κ3) is 3.37. The maximum atomic E-state index is 12.8. The van der Waals surface area contributed by atoms with Crippen molar-refractivity contribution in [2.75, 3.05) is 0 Å². The smallest absolute Gasteiger partial charge is 0.307 e. The summed E-state index contributed by atoms with van der Waals surface area (Å²) in [7, 11) is 0. The molecule has 2 aromatic carbocycles. The van der Waals surface area contributed by atoms with Crippen LogP contribution in [0.3, 0.4) is 0 Å². The lowest BCUT2D eigenvalue weighted by Crippen LogP contribution is -2.30. The van der Waals surface area contributed by atoms with Gasteiger partial charge in [0.2, 0.25) is 0 Å². The van der Waals surface area contributed by atoms with Crippen LogP contribution < -0.4 is 4.73 Å². The highest BCUT2D eigenvalue weighted by Gasteiger charge is 2.27. The van der Waals surface area contributed by atoms with Gasteiger partial charge in [0.1, 0.15) is 6.54 Å². The quantitative estimate of drug-likeness (QED) is 0.557. The summed E-state index contributed by atoms with van der Waals surface area (Å²) in [5.41, 5.74) is 2.81. The zero-order valence-electron chi connectivity index (χ0n) is 13.6. The van der Waals surface area contributed by atoms with Crippen LogP contribution in [-0.4, -0.2) is 15.6 Å². The lowest BCUT2D eigenvalue weighted by Gasteiger charge is -2.07. The molecule has 0 aliphatic rings. The Bertz CT molecular complexity index is 903. The van der Waals surface area contributed by atoms with Gasteiger partial charge in [-0.05, 0) is 24.3 Å². The van der Waals surface area contributed by atoms with Crippen molar-refractivity contribution >= 4 is 17.6 Å². The zero-order valence-corrected chi connectivity index (χ0v) is 14.4. The van der Waals surface area contributed by atoms with Crippen molar-refractivity contribution in [3.8, 4) is 22.6 Å². The second-order valence-corrected chi connectivity index (χ2v) is 6.16. The molecule has 128 valence electrons. The van der Waals surface area contributed by atoms with E-state index in [1.54, 1.807) is 35.8 Å². The Morgan fingerprint density at radius 3 is 2.36 bits per heavy atom. The van der Waals surface area contributed by atoms with Gasteiger partial charge in [-0.25, -0.2) is 9.30 Å². The SMILES string of the molecule is Cc1c(-c2ccccc2)n(CCC(=O)O)c(-c2ccc(Cl)cc2)[n+]1[O-]. The number of carboxylic acids is 1. The van der Waals surface area contributed by atoms with Gasteiger partial charge in [0.15, 0.2) is 11.4 Å². The van der Waals surface area contributed by atoms with Crippen molar-refractivity contribution in [1.82, 2.24) is 4.57 Å². The van der Waals surface area contributed by atoms with Crippen LogP contribution in [0.15, 0.2) is 54.6 Å². The first-order valence-electron chi connectivity index (χ1n) is 7.85. The monoisotopic (exact) mass is 356 g/mol. The fraction of sp³-hybridized carbons (Fsp3) is 0.158. The first-order chi connectivity index (χ1) is 12.0. The maximum absolute atomic E-state index is 12.8. The van der Waals surface area contributed by atoms with Crippen LogP contribution in [0.5, 0.6) is 0 Å². The molecule has 3 aromatic rings. The topological polar surface area (TPSA) is 69.2 Å². The summed E-state index contributed by atoms with van der Waals surface area (Å²) in [5, 5.41) is 22.5. The number of aromatic nitrogens is 2. The van der Waals surface area contributed by atoms with Crippen molar-refractivity contribution in [3.63, 3.8) is 0 Å². The number of rotatable bonds is 5. The summed E-state index contributed by atoms with van der Waals surface area (Å²) in [5.74, 6) is -0.501. The molecular formula is C19H17ClN2O3. The first-order valence-corrected chi connectivity index (χ1v) is 8.22. The number of hydrogen-bond donors (Lipinski definition) is 1. The van der Waals surface area contributed by atoms with E-state index >= 15 is 0 Å². The molecule has 25 heavy (non-hydrogen) atoms. The highest BCUT2D eigenvalue weighted by atomic mass is 35.5. The molecule has 0 aliphatic heterocycles. The molecule has 0 unspecified atom stereocenters. The van der Waals surface area contributed by atoms with Crippen LogP contribution in [0.25, 0.3) is 22.6 Å². The van der Waals surface area contributed by atoms with E-state index in [1.165, 1.54) is 0 Å². The molecule has 0 aliphatic carbocycles. The Morgan fingerprint density at radius 2 is 1.76 bits per heavy atom. The number of carboxylic acid groups (broad SMARTS) is 1. The van der Waals surface area contributed by atoms with Crippen LogP contribution in [0.4, 0.5) is 0 Å². The Morgan fingerprint density at radius 1 is 1.12 bits per heavy atom. The second kappa shape index (κ2) is 6.99. The Hall–Kier alpha value is -2.79. The van der Waals surface area contributed by atoms with Gasteiger partial charge in [-0.1, -0.05) is 41.9 Å². The van der Waals surface area contributed by atoms with E-state index in [-0.39, 0.29) is 13.0 Å². The number of hydrogen-bond acceptors (Lipinski definition) is 2. The molecule has 6 heteroatoms. The van der Waals surface area contributed by atoms with E-state index in [0.29, 0.717) is 22.1 Å². The number of halogens is 1. The molecule has 1 aromatic heterocycles. The summed E-state index contributed by atoms with van der Waals surface area (Å²) >= 11 is 5.94. The third-order valence-corrected chi connectivity index (χ3v) is 4.32. The molecule has 3 rings (SSSR count). The van der Waals surface area contributed by atoms with Gasteiger partial charge in [0, 0.05) is 17.5 Å². The first kappa shape index (κ1) is 17.0. The molecule has 5 nitrogen and oxygen atoms in total. The lowest BCUT2D eigenvalue weighted by molar-refractivity contribution is -0.599. The van der Waals surface area contributed by atoms with Gasteiger partial charge in [0.25, 0.3) is 5.82 Å². The van der Waals surface area contributed by atoms with Gasteiger partial charge in [0.05, 0.1) is 12.0 Å². The molecule has 0 saturated carbocycles. The predicted octanol–water partition coefficient (Wildman–Crippen LogP) is 3.89. The molecule has 0 amide bonds. The Balaban J connectivity index is 2.23. The van der Waals surface area contributed by atoms with Crippen molar-refractivity contribution in [1.29, 1.82) is 0 Å². The molecular weight excluding hydrogens is 340 g/mol. The number of imidazole rings is 1. The molecule has 0 spiro atoms. The zero-order chi connectivity index (χ0) is 18.0. The fourth-order valence-electron chi connectivity index (χ4n) is 2.92. The number of aliphatic carboxylic acids is 1. The average molecular weight is 357 g/mol. The van der Waals surface area contributed by atoms with Gasteiger partial charge in [-0.15, -0.1) is 0 Å². The minimum atomic E-state index is -0.912. The van der Waals surface area contributed by atoms with Gasteiger partial charge in [-0.3, -0.25) is 4.79 Å². The Labute approximate surface area is 150 Å². The number of carbonyl (C=O) groups is 1. The van der Waals surface area contributed by atoms with E-state index in [4.69, 9.17) is 16.7 Å². The molecule has 0 bridgehead atoms. The van der Waals surface area contributed by atoms with Crippen LogP contribution in [0, 0.1) is 12.1 Å². The van der Waals surface area contributed by atoms with Crippen molar-refractivity contribution < 1.29 is 14.6 Å². The maximum Gasteiger partial charge on any atom is 0.307 e. The molecule has 1 heterocycles. The van der Waals surface area contributed by atoms with Crippen LogP contribution in [0.2, 0.25) is 5.02 Å². The average Bonchev–Trinajstić information content (AvgIpc) is 2.85. The molecule has 0 atom stereocenters. The second-order valence-electron chi connectivity index (χ2n) is 5.72. The van der Waals surface area contributed by atoms with E-state index in [9.17, 15) is 10.0 Å². The fourth-order valence-corrected chi connectivity index (χ4v) is 3.05. The minimum absolute atomic E-state index is 0.0749. The van der Waals surface area contributed by atoms with Crippen molar-refractivity contribution in [2.45, 2.75) is 19.9 Å². The van der Waals surface area contributed by atoms with Gasteiger partial charge in [-0.2, -0.15) is 0 Å². The van der Waals surface area contributed by atoms with Gasteiger partial charge < -0.3 is 10.3 Å². The molecule has 0 fully saturated rings. The number of nitrogens with zero attached hydrogens (tertiary/aromatic N) is 2. The summed E-state index contributed by atoms with van der Waals surface area (Å²) in [6.07, 6.45) is -0.0749. The van der Waals surface area contributed by atoms with E-state index in [0.717, 1.165) is 16.0 Å². The predicted molar refractivity (Wildman–Crippen MR) is 96.3 cm³/mol. The summed E-state index contributed by atoms with van der Waals surface area (Å²) in [6, 6.07) is 16.4. The normalized spacial score (nSPS) is 10.8. The van der Waals surface area contributed by atoms with Crippen LogP contribution >= 0.6 is 11.6 Å². The molecule has 0 radical (unpaired) electrons. The van der Waals surface area contributed by atoms with Gasteiger partial charge >= 0.3 is 5.97 Å². The summed E-state index contributed by atoms with van der Waals surface area (Å²) in [4.78, 5) is 11.1. The summed E-state index contributed by atoms with van der Waals surface area (Å²) < 4.78 is 2.63. The van der Waals surface area contributed by atoms with E-state index in [1.807, 2.05) is 30.3 Å². The minimum Gasteiger partial charge on any atom is -0.710 e. The summed E-state index contributed by atoms with van der Waals surface area (Å²) in [6.45, 7) is 1.94. The van der Waals surface area contributed by atoms with Crippen LogP contribution in [-0.2, 0) is 11.3 Å². The molecule has 0 saturated heterocycles. The van der Waals surface area contributed by atoms with E-state index < -0.39 is 5.97 Å². The van der Waals surface area contributed by atoms with E-state index in [2.05, 4.69) is 0 Å². The lowest BCUT2D eigenvalue weighted by atomic mass is 10.1. The van der Waals surface area contributed by atoms with Crippen molar-refractivity contribution in [2.24, 2.45) is 0 Å². The third-order valence-electron chi connectivity index (χ3n) is 4.06. The van der Waals surface area contributed by atoms with Crippen LogP contribution in [0.1, 0.15) is 12.1 Å². The Kier molecular flexibility index (Phi) is 4.76. The van der Waals surface area contributed by atoms with Crippen molar-refractivity contribution in [3.05, 3.63) is 70.5 Å². The molecule has 1 N–H and O–H groups in total. The highest BCUT2D eigenvalue weighted by Crippen LogP contribution is 2.29. The highest BCUT2D eigenvalue weighted by molar-refractivity contribution is 6.30. The standard InChI is InChI=1S/C19H17ClN2O3/c1-13-18(14-5-3-2-4-6-14)21(12-11-17(23)24)19(22(13)25)15-7-9-16(20)10-8-15/h2-10H,11-12H2,1H3,(H,23,24). The number of benzene rings is 2.